The van der Waals surface area contributed by atoms with Crippen molar-refractivity contribution in [2.24, 2.45) is 23.5 Å². The van der Waals surface area contributed by atoms with Gasteiger partial charge < -0.3 is 5.73 Å². The normalized spacial score (nSPS) is 38.7. The van der Waals surface area contributed by atoms with Crippen LogP contribution in [-0.2, 0) is 10.2 Å². The third-order valence-corrected chi connectivity index (χ3v) is 7.24. The van der Waals surface area contributed by atoms with Gasteiger partial charge in [-0.15, -0.1) is 0 Å². The molecular formula is C13H25N3O2S. The summed E-state index contributed by atoms with van der Waals surface area (Å²) >= 11 is 0. The summed E-state index contributed by atoms with van der Waals surface area (Å²) in [4.78, 5) is 0. The van der Waals surface area contributed by atoms with Gasteiger partial charge in [0.15, 0.2) is 0 Å². The van der Waals surface area contributed by atoms with Gasteiger partial charge in [-0.05, 0) is 43.4 Å². The molecule has 0 amide bonds. The van der Waals surface area contributed by atoms with Gasteiger partial charge in [-0.2, -0.15) is 17.0 Å². The summed E-state index contributed by atoms with van der Waals surface area (Å²) in [5, 5.41) is 0. The molecule has 3 unspecified atom stereocenters. The first-order chi connectivity index (χ1) is 8.98. The first-order valence-electron chi connectivity index (χ1n) is 7.49. The molecule has 0 aromatic carbocycles. The van der Waals surface area contributed by atoms with E-state index in [9.17, 15) is 8.42 Å². The van der Waals surface area contributed by atoms with Crippen LogP contribution in [0.5, 0.6) is 0 Å². The van der Waals surface area contributed by atoms with Gasteiger partial charge in [-0.3, -0.25) is 0 Å². The van der Waals surface area contributed by atoms with Crippen LogP contribution < -0.4 is 5.73 Å². The van der Waals surface area contributed by atoms with E-state index in [1.54, 1.807) is 8.61 Å². The largest absolute Gasteiger partial charge is 0.327 e. The Morgan fingerprint density at radius 3 is 2.32 bits per heavy atom. The van der Waals surface area contributed by atoms with Gasteiger partial charge in [0.25, 0.3) is 10.2 Å². The van der Waals surface area contributed by atoms with E-state index < -0.39 is 10.2 Å². The molecule has 0 aromatic heterocycles. The minimum Gasteiger partial charge on any atom is -0.327 e. The van der Waals surface area contributed by atoms with Crippen LogP contribution >= 0.6 is 0 Å². The van der Waals surface area contributed by atoms with Crippen LogP contribution in [0.15, 0.2) is 0 Å². The van der Waals surface area contributed by atoms with Gasteiger partial charge in [0.2, 0.25) is 0 Å². The Balaban J connectivity index is 1.68. The van der Waals surface area contributed by atoms with E-state index in [1.807, 2.05) is 0 Å². The second-order valence-electron chi connectivity index (χ2n) is 6.57. The Morgan fingerprint density at radius 2 is 1.68 bits per heavy atom. The van der Waals surface area contributed by atoms with Gasteiger partial charge in [-0.25, -0.2) is 0 Å². The minimum atomic E-state index is -3.24. The number of fused-ring (bicyclic) bond motifs is 1. The van der Waals surface area contributed by atoms with Crippen LogP contribution in [0.3, 0.4) is 0 Å². The smallest absolute Gasteiger partial charge is 0.281 e. The second-order valence-corrected chi connectivity index (χ2v) is 8.50. The first kappa shape index (κ1) is 13.8. The van der Waals surface area contributed by atoms with Crippen molar-refractivity contribution in [1.29, 1.82) is 0 Å². The zero-order chi connectivity index (χ0) is 13.6. The molecule has 2 aliphatic heterocycles. The van der Waals surface area contributed by atoms with Gasteiger partial charge >= 0.3 is 0 Å². The zero-order valence-electron chi connectivity index (χ0n) is 11.7. The summed E-state index contributed by atoms with van der Waals surface area (Å²) in [6.45, 7) is 4.89. The number of nitrogens with zero attached hydrogens (tertiary/aromatic N) is 2. The van der Waals surface area contributed by atoms with E-state index in [4.69, 9.17) is 5.73 Å². The lowest BCUT2D eigenvalue weighted by atomic mass is 9.98. The SMILES string of the molecule is CC1CCN(S(=O)(=O)N2CC3CCC(N)C3C2)CC1. The maximum Gasteiger partial charge on any atom is 0.281 e. The molecule has 2 heterocycles. The predicted octanol–water partition coefficient (Wildman–Crippen LogP) is 0.632. The van der Waals surface area contributed by atoms with E-state index in [0.29, 0.717) is 43.9 Å². The maximum absolute atomic E-state index is 12.6. The molecule has 110 valence electrons. The molecule has 5 nitrogen and oxygen atoms in total. The average molecular weight is 287 g/mol. The fraction of sp³-hybridized carbons (Fsp3) is 1.00. The highest BCUT2D eigenvalue weighted by molar-refractivity contribution is 7.86. The Labute approximate surface area is 116 Å². The number of hydrogen-bond acceptors (Lipinski definition) is 3. The van der Waals surface area contributed by atoms with Crippen molar-refractivity contribution in [3.05, 3.63) is 0 Å². The van der Waals surface area contributed by atoms with Crippen LogP contribution in [0, 0.1) is 17.8 Å². The lowest BCUT2D eigenvalue weighted by molar-refractivity contribution is 0.267. The Morgan fingerprint density at radius 1 is 1.00 bits per heavy atom. The molecule has 3 atom stereocenters. The number of piperidine rings is 1. The lowest BCUT2D eigenvalue weighted by Gasteiger charge is -2.32. The summed E-state index contributed by atoms with van der Waals surface area (Å²) in [7, 11) is -3.24. The monoisotopic (exact) mass is 287 g/mol. The van der Waals surface area contributed by atoms with E-state index in [1.165, 1.54) is 0 Å². The Bertz CT molecular complexity index is 431. The minimum absolute atomic E-state index is 0.201. The van der Waals surface area contributed by atoms with E-state index in [0.717, 1.165) is 25.7 Å². The van der Waals surface area contributed by atoms with Crippen molar-refractivity contribution in [1.82, 2.24) is 8.61 Å². The van der Waals surface area contributed by atoms with Crippen LogP contribution in [0.25, 0.3) is 0 Å². The topological polar surface area (TPSA) is 66.6 Å². The quantitative estimate of drug-likeness (QED) is 0.810. The number of nitrogens with two attached hydrogens (primary N) is 1. The fourth-order valence-corrected chi connectivity index (χ4v) is 5.57. The van der Waals surface area contributed by atoms with Gasteiger partial charge in [0, 0.05) is 32.2 Å². The molecule has 3 aliphatic rings. The van der Waals surface area contributed by atoms with Crippen molar-refractivity contribution in [3.8, 4) is 0 Å². The van der Waals surface area contributed by atoms with Crippen molar-refractivity contribution in [2.45, 2.75) is 38.6 Å². The highest BCUT2D eigenvalue weighted by atomic mass is 32.2. The third-order valence-electron chi connectivity index (χ3n) is 5.27. The molecule has 0 radical (unpaired) electrons. The molecule has 0 aromatic rings. The van der Waals surface area contributed by atoms with Crippen LogP contribution in [0.2, 0.25) is 0 Å². The summed E-state index contributed by atoms with van der Waals surface area (Å²) in [5.74, 6) is 1.53. The zero-order valence-corrected chi connectivity index (χ0v) is 12.5. The summed E-state index contributed by atoms with van der Waals surface area (Å²) in [6.07, 6.45) is 4.12. The summed E-state index contributed by atoms with van der Waals surface area (Å²) in [6, 6.07) is 0.201. The summed E-state index contributed by atoms with van der Waals surface area (Å²) < 4.78 is 28.7. The lowest BCUT2D eigenvalue weighted by Crippen LogP contribution is -2.46. The summed E-state index contributed by atoms with van der Waals surface area (Å²) in [5.41, 5.74) is 6.09. The molecular weight excluding hydrogens is 262 g/mol. The van der Waals surface area contributed by atoms with Crippen molar-refractivity contribution >= 4 is 10.2 Å². The molecule has 2 N–H and O–H groups in total. The Kier molecular flexibility index (Phi) is 3.62. The van der Waals surface area contributed by atoms with Crippen molar-refractivity contribution in [2.75, 3.05) is 26.2 Å². The van der Waals surface area contributed by atoms with Gasteiger partial charge in [0.1, 0.15) is 0 Å². The molecule has 1 saturated carbocycles. The number of hydrogen-bond donors (Lipinski definition) is 1. The average Bonchev–Trinajstić information content (AvgIpc) is 2.93. The van der Waals surface area contributed by atoms with E-state index in [-0.39, 0.29) is 6.04 Å². The van der Waals surface area contributed by atoms with Crippen LogP contribution in [0.4, 0.5) is 0 Å². The molecule has 0 spiro atoms. The standard InChI is InChI=1S/C13H25N3O2S/c1-10-4-6-15(7-5-10)19(17,18)16-8-11-2-3-13(14)12(11)9-16/h10-13H,2-9,14H2,1H3. The van der Waals surface area contributed by atoms with Crippen LogP contribution in [0.1, 0.15) is 32.6 Å². The highest BCUT2D eigenvalue weighted by Gasteiger charge is 2.46. The van der Waals surface area contributed by atoms with Gasteiger partial charge in [-0.1, -0.05) is 6.92 Å². The molecule has 0 bridgehead atoms. The molecule has 19 heavy (non-hydrogen) atoms. The van der Waals surface area contributed by atoms with E-state index in [2.05, 4.69) is 6.92 Å². The van der Waals surface area contributed by atoms with Crippen molar-refractivity contribution < 1.29 is 8.42 Å². The third kappa shape index (κ3) is 2.44. The molecule has 2 saturated heterocycles. The predicted molar refractivity (Wildman–Crippen MR) is 74.7 cm³/mol. The molecule has 3 rings (SSSR count). The Hall–Kier alpha value is -0.170. The fourth-order valence-electron chi connectivity index (χ4n) is 3.83. The van der Waals surface area contributed by atoms with E-state index >= 15 is 0 Å². The molecule has 3 fully saturated rings. The number of rotatable bonds is 2. The molecule has 6 heteroatoms. The van der Waals surface area contributed by atoms with Crippen LogP contribution in [-0.4, -0.2) is 49.2 Å². The van der Waals surface area contributed by atoms with Crippen molar-refractivity contribution in [3.63, 3.8) is 0 Å². The van der Waals surface area contributed by atoms with Gasteiger partial charge in [0.05, 0.1) is 0 Å². The maximum atomic E-state index is 12.6. The second kappa shape index (κ2) is 4.98. The highest BCUT2D eigenvalue weighted by Crippen LogP contribution is 2.39. The first-order valence-corrected chi connectivity index (χ1v) is 8.89. The molecule has 1 aliphatic carbocycles.